The molecule has 18 heavy (non-hydrogen) atoms. The number of aromatic hydroxyl groups is 1. The zero-order valence-corrected chi connectivity index (χ0v) is 10.6. The van der Waals surface area contributed by atoms with Crippen molar-refractivity contribution in [3.8, 4) is 22.9 Å². The Labute approximate surface area is 107 Å². The number of hydrogen-bond donors (Lipinski definition) is 1. The maximum Gasteiger partial charge on any atom is 0.116 e. The zero-order chi connectivity index (χ0) is 13.1. The minimum absolute atomic E-state index is 0.262. The molecule has 90 valence electrons. The fourth-order valence-corrected chi connectivity index (χ4v) is 2.04. The number of nitrogens with zero attached hydrogens (tertiary/aromatic N) is 1. The van der Waals surface area contributed by atoms with Gasteiger partial charge in [-0.05, 0) is 59.9 Å². The molecule has 1 N–H and O–H groups in total. The van der Waals surface area contributed by atoms with E-state index < -0.39 is 0 Å². The minimum Gasteiger partial charge on any atom is -0.508 e. The van der Waals surface area contributed by atoms with Crippen LogP contribution in [0.5, 0.6) is 5.75 Å². The Kier molecular flexibility index (Phi) is 3.34. The maximum atomic E-state index is 9.57. The first kappa shape index (κ1) is 12.2. The van der Waals surface area contributed by atoms with E-state index in [9.17, 15) is 5.11 Å². The molecular weight excluding hydrogens is 222 g/mol. The van der Waals surface area contributed by atoms with E-state index in [4.69, 9.17) is 5.26 Å². The Morgan fingerprint density at radius 3 is 2.50 bits per heavy atom. The summed E-state index contributed by atoms with van der Waals surface area (Å²) >= 11 is 0. The second-order valence-corrected chi connectivity index (χ2v) is 4.48. The lowest BCUT2D eigenvalue weighted by atomic mass is 9.95. The lowest BCUT2D eigenvalue weighted by molar-refractivity contribution is 0.475. The molecule has 0 aliphatic rings. The number of aryl methyl sites for hydroxylation is 2. The second-order valence-electron chi connectivity index (χ2n) is 4.48. The predicted octanol–water partition coefficient (Wildman–Crippen LogP) is 3.74. The van der Waals surface area contributed by atoms with Gasteiger partial charge in [0, 0.05) is 0 Å². The van der Waals surface area contributed by atoms with Crippen LogP contribution >= 0.6 is 0 Å². The number of benzene rings is 2. The highest BCUT2D eigenvalue weighted by atomic mass is 16.3. The topological polar surface area (TPSA) is 44.0 Å². The molecule has 2 aromatic carbocycles. The van der Waals surface area contributed by atoms with Gasteiger partial charge in [0.1, 0.15) is 5.75 Å². The molecule has 0 saturated carbocycles. The normalized spacial score (nSPS) is 10.1. The van der Waals surface area contributed by atoms with Crippen molar-refractivity contribution in [2.24, 2.45) is 0 Å². The van der Waals surface area contributed by atoms with Crippen LogP contribution in [0.3, 0.4) is 0 Å². The standard InChI is InChI=1S/C16H15NO/c1-11-3-5-14(9-13(11)7-8-17)16-10-15(18)6-4-12(16)2/h3-6,9-10,18H,7H2,1-2H3. The average Bonchev–Trinajstić information content (AvgIpc) is 2.35. The smallest absolute Gasteiger partial charge is 0.116 e. The molecule has 0 heterocycles. The number of nitriles is 1. The zero-order valence-electron chi connectivity index (χ0n) is 10.6. The van der Waals surface area contributed by atoms with Gasteiger partial charge < -0.3 is 5.11 Å². The number of rotatable bonds is 2. The summed E-state index contributed by atoms with van der Waals surface area (Å²) in [5, 5.41) is 18.4. The van der Waals surface area contributed by atoms with Crippen LogP contribution in [0.25, 0.3) is 11.1 Å². The second kappa shape index (κ2) is 4.93. The summed E-state index contributed by atoms with van der Waals surface area (Å²) in [6, 6.07) is 13.6. The van der Waals surface area contributed by atoms with E-state index in [1.807, 2.05) is 38.1 Å². The largest absolute Gasteiger partial charge is 0.508 e. The van der Waals surface area contributed by atoms with E-state index in [-0.39, 0.29) is 5.75 Å². The maximum absolute atomic E-state index is 9.57. The molecule has 0 aliphatic heterocycles. The van der Waals surface area contributed by atoms with Gasteiger partial charge in [-0.1, -0.05) is 18.2 Å². The molecule has 0 amide bonds. The van der Waals surface area contributed by atoms with Crippen LogP contribution in [-0.4, -0.2) is 5.11 Å². The summed E-state index contributed by atoms with van der Waals surface area (Å²) in [5.41, 5.74) is 5.32. The summed E-state index contributed by atoms with van der Waals surface area (Å²) in [6.07, 6.45) is 0.414. The molecule has 0 aliphatic carbocycles. The molecule has 0 aromatic heterocycles. The highest BCUT2D eigenvalue weighted by molar-refractivity contribution is 5.69. The van der Waals surface area contributed by atoms with Crippen LogP contribution in [0.15, 0.2) is 36.4 Å². The first-order valence-electron chi connectivity index (χ1n) is 5.88. The highest BCUT2D eigenvalue weighted by Gasteiger charge is 2.06. The van der Waals surface area contributed by atoms with Crippen molar-refractivity contribution in [2.45, 2.75) is 20.3 Å². The fourth-order valence-electron chi connectivity index (χ4n) is 2.04. The van der Waals surface area contributed by atoms with Crippen molar-refractivity contribution in [1.82, 2.24) is 0 Å². The summed E-state index contributed by atoms with van der Waals surface area (Å²) in [4.78, 5) is 0. The van der Waals surface area contributed by atoms with Crippen molar-refractivity contribution < 1.29 is 5.11 Å². The first-order chi connectivity index (χ1) is 8.61. The molecule has 0 saturated heterocycles. The number of hydrogen-bond acceptors (Lipinski definition) is 2. The van der Waals surface area contributed by atoms with E-state index in [1.54, 1.807) is 12.1 Å². The molecule has 2 aromatic rings. The monoisotopic (exact) mass is 237 g/mol. The molecule has 0 atom stereocenters. The van der Waals surface area contributed by atoms with Gasteiger partial charge in [0.15, 0.2) is 0 Å². The van der Waals surface area contributed by atoms with Crippen LogP contribution in [0.2, 0.25) is 0 Å². The van der Waals surface area contributed by atoms with Crippen molar-refractivity contribution in [2.75, 3.05) is 0 Å². The molecule has 2 nitrogen and oxygen atoms in total. The van der Waals surface area contributed by atoms with Gasteiger partial charge in [0.25, 0.3) is 0 Å². The van der Waals surface area contributed by atoms with Gasteiger partial charge in [-0.15, -0.1) is 0 Å². The molecule has 0 fully saturated rings. The van der Waals surface area contributed by atoms with Gasteiger partial charge in [0.2, 0.25) is 0 Å². The summed E-state index contributed by atoms with van der Waals surface area (Å²) in [6.45, 7) is 4.02. The molecular formula is C16H15NO. The van der Waals surface area contributed by atoms with Crippen LogP contribution in [-0.2, 0) is 6.42 Å². The molecule has 2 heteroatoms. The summed E-state index contributed by atoms with van der Waals surface area (Å²) in [5.74, 6) is 0.262. The van der Waals surface area contributed by atoms with Crippen molar-refractivity contribution in [3.63, 3.8) is 0 Å². The Hall–Kier alpha value is -2.27. The molecule has 0 spiro atoms. The van der Waals surface area contributed by atoms with Gasteiger partial charge in [-0.2, -0.15) is 5.26 Å². The van der Waals surface area contributed by atoms with E-state index in [1.165, 1.54) is 0 Å². The third kappa shape index (κ3) is 2.36. The van der Waals surface area contributed by atoms with Crippen molar-refractivity contribution >= 4 is 0 Å². The van der Waals surface area contributed by atoms with Crippen LogP contribution in [0.1, 0.15) is 16.7 Å². The fraction of sp³-hybridized carbons (Fsp3) is 0.188. The third-order valence-electron chi connectivity index (χ3n) is 3.15. The average molecular weight is 237 g/mol. The summed E-state index contributed by atoms with van der Waals surface area (Å²) in [7, 11) is 0. The Balaban J connectivity index is 2.54. The van der Waals surface area contributed by atoms with Gasteiger partial charge in [-0.25, -0.2) is 0 Å². The molecule has 0 bridgehead atoms. The Morgan fingerprint density at radius 1 is 1.06 bits per heavy atom. The van der Waals surface area contributed by atoms with Gasteiger partial charge in [-0.3, -0.25) is 0 Å². The van der Waals surface area contributed by atoms with Crippen LogP contribution in [0, 0.1) is 25.2 Å². The number of phenolic OH excluding ortho intramolecular Hbond substituents is 1. The Morgan fingerprint density at radius 2 is 1.78 bits per heavy atom. The Bertz CT molecular complexity index is 623. The van der Waals surface area contributed by atoms with Gasteiger partial charge in [0.05, 0.1) is 12.5 Å². The summed E-state index contributed by atoms with van der Waals surface area (Å²) < 4.78 is 0. The van der Waals surface area contributed by atoms with Gasteiger partial charge >= 0.3 is 0 Å². The molecule has 0 radical (unpaired) electrons. The minimum atomic E-state index is 0.262. The van der Waals surface area contributed by atoms with Crippen LogP contribution < -0.4 is 0 Å². The van der Waals surface area contributed by atoms with Crippen molar-refractivity contribution in [3.05, 3.63) is 53.1 Å². The van der Waals surface area contributed by atoms with E-state index >= 15 is 0 Å². The molecule has 2 rings (SSSR count). The predicted molar refractivity (Wildman–Crippen MR) is 72.3 cm³/mol. The SMILES string of the molecule is Cc1ccc(-c2cc(O)ccc2C)cc1CC#N. The lowest BCUT2D eigenvalue weighted by Crippen LogP contribution is -1.90. The van der Waals surface area contributed by atoms with Crippen LogP contribution in [0.4, 0.5) is 0 Å². The number of phenols is 1. The molecule has 0 unspecified atom stereocenters. The van der Waals surface area contributed by atoms with E-state index in [2.05, 4.69) is 6.07 Å². The lowest BCUT2D eigenvalue weighted by Gasteiger charge is -2.09. The quantitative estimate of drug-likeness (QED) is 0.864. The van der Waals surface area contributed by atoms with E-state index in [0.717, 1.165) is 27.8 Å². The van der Waals surface area contributed by atoms with Crippen molar-refractivity contribution in [1.29, 1.82) is 5.26 Å². The first-order valence-corrected chi connectivity index (χ1v) is 5.88. The van der Waals surface area contributed by atoms with E-state index in [0.29, 0.717) is 6.42 Å². The highest BCUT2D eigenvalue weighted by Crippen LogP contribution is 2.28. The third-order valence-corrected chi connectivity index (χ3v) is 3.15.